The second-order valence-corrected chi connectivity index (χ2v) is 5.51. The van der Waals surface area contributed by atoms with Gasteiger partial charge in [-0.05, 0) is 12.3 Å². The zero-order valence-corrected chi connectivity index (χ0v) is 11.4. The summed E-state index contributed by atoms with van der Waals surface area (Å²) in [6.45, 7) is 3.99. The van der Waals surface area contributed by atoms with Crippen LogP contribution in [0, 0.1) is 5.92 Å². The fourth-order valence-electron chi connectivity index (χ4n) is 2.19. The minimum atomic E-state index is -0.839. The number of aliphatic carboxylic acids is 1. The number of methoxy groups -OCH3 is 1. The fraction of sp³-hybridized carbons (Fsp3) is 0.667. The minimum Gasteiger partial charge on any atom is -0.481 e. The van der Waals surface area contributed by atoms with Crippen LogP contribution in [0.25, 0.3) is 0 Å². The predicted octanol–water partition coefficient (Wildman–Crippen LogP) is 1.63. The number of piperidine rings is 1. The highest BCUT2D eigenvalue weighted by Gasteiger charge is 2.27. The van der Waals surface area contributed by atoms with Crippen LogP contribution in [0.15, 0.2) is 5.38 Å². The molecular weight excluding hydrogens is 252 g/mol. The van der Waals surface area contributed by atoms with E-state index >= 15 is 0 Å². The Labute approximate surface area is 110 Å². The Bertz CT molecular complexity index is 421. The number of carboxylic acids is 1. The fourth-order valence-corrected chi connectivity index (χ4v) is 3.05. The Balaban J connectivity index is 2.03. The van der Waals surface area contributed by atoms with Gasteiger partial charge in [-0.2, -0.15) is 0 Å². The number of anilines is 1. The van der Waals surface area contributed by atoms with Crippen LogP contribution in [0.4, 0.5) is 5.13 Å². The van der Waals surface area contributed by atoms with E-state index in [0.717, 1.165) is 24.6 Å². The maximum Gasteiger partial charge on any atom is 0.309 e. The number of hydrogen-bond acceptors (Lipinski definition) is 5. The van der Waals surface area contributed by atoms with Crippen molar-refractivity contribution in [2.75, 3.05) is 25.1 Å². The van der Waals surface area contributed by atoms with Gasteiger partial charge in [0.1, 0.15) is 0 Å². The Morgan fingerprint density at radius 1 is 1.72 bits per heavy atom. The molecule has 2 atom stereocenters. The molecule has 0 saturated carbocycles. The molecule has 1 aromatic heterocycles. The first-order chi connectivity index (χ1) is 8.60. The van der Waals surface area contributed by atoms with E-state index in [2.05, 4.69) is 16.8 Å². The van der Waals surface area contributed by atoms with E-state index in [1.807, 2.05) is 5.38 Å². The predicted molar refractivity (Wildman–Crippen MR) is 70.2 cm³/mol. The molecule has 2 unspecified atom stereocenters. The summed E-state index contributed by atoms with van der Waals surface area (Å²) in [5.41, 5.74) is 0.634. The molecule has 0 spiro atoms. The summed E-state index contributed by atoms with van der Waals surface area (Å²) < 4.78 is 5.47. The number of carbonyl (C=O) groups is 1. The van der Waals surface area contributed by atoms with E-state index in [-0.39, 0.29) is 12.5 Å². The molecule has 1 fully saturated rings. The van der Waals surface area contributed by atoms with Crippen molar-refractivity contribution in [1.29, 1.82) is 0 Å². The van der Waals surface area contributed by atoms with Gasteiger partial charge in [-0.3, -0.25) is 4.79 Å². The molecule has 6 heteroatoms. The van der Waals surface area contributed by atoms with E-state index in [1.54, 1.807) is 7.11 Å². The number of nitrogens with zero attached hydrogens (tertiary/aromatic N) is 2. The number of ether oxygens (including phenoxy) is 1. The lowest BCUT2D eigenvalue weighted by atomic mass is 9.96. The Morgan fingerprint density at radius 3 is 3.17 bits per heavy atom. The van der Waals surface area contributed by atoms with Crippen molar-refractivity contribution in [2.45, 2.75) is 25.9 Å². The third kappa shape index (κ3) is 3.00. The third-order valence-corrected chi connectivity index (χ3v) is 4.28. The van der Waals surface area contributed by atoms with Crippen LogP contribution in [0.1, 0.15) is 19.0 Å². The molecule has 0 aliphatic carbocycles. The maximum absolute atomic E-state index is 10.6. The molecule has 0 aromatic carbocycles. The summed E-state index contributed by atoms with van der Waals surface area (Å²) in [5, 5.41) is 11.5. The average molecular weight is 270 g/mol. The molecule has 1 aliphatic rings. The van der Waals surface area contributed by atoms with Crippen LogP contribution >= 0.6 is 11.3 Å². The van der Waals surface area contributed by atoms with Crippen molar-refractivity contribution in [2.24, 2.45) is 5.92 Å². The monoisotopic (exact) mass is 270 g/mol. The number of aromatic nitrogens is 1. The van der Waals surface area contributed by atoms with E-state index < -0.39 is 5.97 Å². The van der Waals surface area contributed by atoms with E-state index in [0.29, 0.717) is 11.6 Å². The van der Waals surface area contributed by atoms with Gasteiger partial charge in [0, 0.05) is 25.6 Å². The molecular formula is C12H18N2O3S. The maximum atomic E-state index is 10.6. The van der Waals surface area contributed by atoms with Crippen LogP contribution in [0.5, 0.6) is 0 Å². The molecule has 5 nitrogen and oxygen atoms in total. The van der Waals surface area contributed by atoms with E-state index in [4.69, 9.17) is 9.84 Å². The molecule has 100 valence electrons. The van der Waals surface area contributed by atoms with Gasteiger partial charge < -0.3 is 14.7 Å². The summed E-state index contributed by atoms with van der Waals surface area (Å²) >= 11 is 1.51. The molecule has 1 aliphatic heterocycles. The number of thiazole rings is 1. The van der Waals surface area contributed by atoms with Crippen molar-refractivity contribution >= 4 is 22.4 Å². The summed E-state index contributed by atoms with van der Waals surface area (Å²) in [7, 11) is 1.74. The largest absolute Gasteiger partial charge is 0.481 e. The first-order valence-electron chi connectivity index (χ1n) is 6.04. The van der Waals surface area contributed by atoms with Crippen molar-refractivity contribution in [3.05, 3.63) is 11.1 Å². The smallest absolute Gasteiger partial charge is 0.309 e. The van der Waals surface area contributed by atoms with Gasteiger partial charge in [0.2, 0.25) is 0 Å². The highest BCUT2D eigenvalue weighted by molar-refractivity contribution is 7.13. The molecule has 2 rings (SSSR count). The first-order valence-corrected chi connectivity index (χ1v) is 6.92. The lowest BCUT2D eigenvalue weighted by Gasteiger charge is -2.36. The first kappa shape index (κ1) is 13.3. The van der Waals surface area contributed by atoms with Crippen molar-refractivity contribution in [3.63, 3.8) is 0 Å². The lowest BCUT2D eigenvalue weighted by Crippen LogP contribution is -2.43. The summed E-state index contributed by atoms with van der Waals surface area (Å²) in [4.78, 5) is 17.2. The van der Waals surface area contributed by atoms with Crippen LogP contribution in [0.3, 0.4) is 0 Å². The van der Waals surface area contributed by atoms with Gasteiger partial charge in [0.15, 0.2) is 5.13 Å². The summed E-state index contributed by atoms with van der Waals surface area (Å²) in [5.74, 6) is -0.279. The Morgan fingerprint density at radius 2 is 2.50 bits per heavy atom. The van der Waals surface area contributed by atoms with Crippen molar-refractivity contribution in [1.82, 2.24) is 4.98 Å². The molecule has 1 N–H and O–H groups in total. The molecule has 1 saturated heterocycles. The normalized spacial score (nSPS) is 24.2. The zero-order chi connectivity index (χ0) is 13.1. The quantitative estimate of drug-likeness (QED) is 0.901. The molecule has 1 aromatic rings. The standard InChI is InChI=1S/C12H18N2O3S/c1-8-3-4-14(6-10(8)17-2)12-13-9(7-18-12)5-11(15)16/h7-8,10H,3-6H2,1-2H3,(H,15,16). The molecule has 0 bridgehead atoms. The topological polar surface area (TPSA) is 62.7 Å². The van der Waals surface area contributed by atoms with Crippen LogP contribution in [0.2, 0.25) is 0 Å². The van der Waals surface area contributed by atoms with Gasteiger partial charge in [-0.15, -0.1) is 11.3 Å². The lowest BCUT2D eigenvalue weighted by molar-refractivity contribution is -0.136. The number of rotatable bonds is 4. The molecule has 18 heavy (non-hydrogen) atoms. The Kier molecular flexibility index (Phi) is 4.19. The van der Waals surface area contributed by atoms with Gasteiger partial charge in [-0.25, -0.2) is 4.98 Å². The zero-order valence-electron chi connectivity index (χ0n) is 10.6. The summed E-state index contributed by atoms with van der Waals surface area (Å²) in [6.07, 6.45) is 1.30. The number of hydrogen-bond donors (Lipinski definition) is 1. The highest BCUT2D eigenvalue weighted by Crippen LogP contribution is 2.27. The number of carboxylic acid groups (broad SMARTS) is 1. The second-order valence-electron chi connectivity index (χ2n) is 4.68. The third-order valence-electron chi connectivity index (χ3n) is 3.33. The minimum absolute atomic E-state index is 0.00551. The molecule has 0 amide bonds. The van der Waals surface area contributed by atoms with Gasteiger partial charge in [-0.1, -0.05) is 6.92 Å². The van der Waals surface area contributed by atoms with Crippen LogP contribution in [-0.4, -0.2) is 42.4 Å². The van der Waals surface area contributed by atoms with Gasteiger partial charge in [0.05, 0.1) is 18.2 Å². The molecule has 0 radical (unpaired) electrons. The van der Waals surface area contributed by atoms with Crippen molar-refractivity contribution in [3.8, 4) is 0 Å². The van der Waals surface area contributed by atoms with Gasteiger partial charge in [0.25, 0.3) is 0 Å². The van der Waals surface area contributed by atoms with Gasteiger partial charge >= 0.3 is 5.97 Å². The Hall–Kier alpha value is -1.14. The second kappa shape index (κ2) is 5.67. The van der Waals surface area contributed by atoms with Crippen molar-refractivity contribution < 1.29 is 14.6 Å². The molecule has 2 heterocycles. The van der Waals surface area contributed by atoms with Crippen LogP contribution in [-0.2, 0) is 16.0 Å². The SMILES string of the molecule is COC1CN(c2nc(CC(=O)O)cs2)CCC1C. The van der Waals surface area contributed by atoms with E-state index in [1.165, 1.54) is 11.3 Å². The summed E-state index contributed by atoms with van der Waals surface area (Å²) in [6, 6.07) is 0. The highest BCUT2D eigenvalue weighted by atomic mass is 32.1. The average Bonchev–Trinajstić information content (AvgIpc) is 2.77. The van der Waals surface area contributed by atoms with E-state index in [9.17, 15) is 4.79 Å². The van der Waals surface area contributed by atoms with Crippen LogP contribution < -0.4 is 4.90 Å².